The smallest absolute Gasteiger partial charge is 0.257 e. The minimum Gasteiger partial charge on any atom is -0.495 e. The highest BCUT2D eigenvalue weighted by atomic mass is 35.5. The van der Waals surface area contributed by atoms with Gasteiger partial charge in [0.15, 0.2) is 11.6 Å². The highest BCUT2D eigenvalue weighted by Crippen LogP contribution is 2.30. The Morgan fingerprint density at radius 2 is 1.75 bits per heavy atom. The highest BCUT2D eigenvalue weighted by Gasteiger charge is 2.24. The number of ether oxygens (including phenoxy) is 1. The molecular weight excluding hydrogens is 414 g/mol. The quantitative estimate of drug-likeness (QED) is 0.673. The van der Waals surface area contributed by atoms with Crippen molar-refractivity contribution < 1.29 is 26.7 Å². The number of methoxy groups -OCH3 is 1. The molecule has 0 saturated carbocycles. The SMILES string of the molecule is CCN(CC)S(=O)(=O)c1ccc(OC)c(NC(=O)c2cc(F)c(F)cc2Cl)c1. The van der Waals surface area contributed by atoms with Gasteiger partial charge in [0, 0.05) is 13.1 Å². The second-order valence-corrected chi connectivity index (χ2v) is 8.00. The zero-order valence-electron chi connectivity index (χ0n) is 15.4. The third-order valence-electron chi connectivity index (χ3n) is 4.02. The molecule has 0 spiro atoms. The van der Waals surface area contributed by atoms with Crippen molar-refractivity contribution in [3.63, 3.8) is 0 Å². The van der Waals surface area contributed by atoms with Crippen molar-refractivity contribution in [2.24, 2.45) is 0 Å². The van der Waals surface area contributed by atoms with Gasteiger partial charge in [0.1, 0.15) is 5.75 Å². The molecule has 0 aliphatic carbocycles. The zero-order chi connectivity index (χ0) is 21.1. The standard InChI is InChI=1S/C18H19ClF2N2O4S/c1-4-23(5-2)28(25,26)11-6-7-17(27-3)16(8-11)22-18(24)12-9-14(20)15(21)10-13(12)19/h6-10H,4-5H2,1-3H3,(H,22,24). The van der Waals surface area contributed by atoms with Gasteiger partial charge in [-0.25, -0.2) is 17.2 Å². The molecule has 0 aliphatic rings. The largest absolute Gasteiger partial charge is 0.495 e. The molecule has 0 aliphatic heterocycles. The third kappa shape index (κ3) is 4.43. The van der Waals surface area contributed by atoms with Crippen LogP contribution in [0.3, 0.4) is 0 Å². The van der Waals surface area contributed by atoms with Gasteiger partial charge in [-0.05, 0) is 30.3 Å². The van der Waals surface area contributed by atoms with E-state index in [0.717, 1.165) is 0 Å². The van der Waals surface area contributed by atoms with Crippen molar-refractivity contribution in [2.45, 2.75) is 18.7 Å². The summed E-state index contributed by atoms with van der Waals surface area (Å²) in [6.07, 6.45) is 0. The lowest BCUT2D eigenvalue weighted by Gasteiger charge is -2.19. The van der Waals surface area contributed by atoms with Crippen LogP contribution in [0.5, 0.6) is 5.75 Å². The molecule has 1 amide bonds. The second kappa shape index (κ2) is 8.85. The van der Waals surface area contributed by atoms with E-state index < -0.39 is 27.6 Å². The number of hydrogen-bond donors (Lipinski definition) is 1. The Bertz CT molecular complexity index is 995. The molecule has 0 atom stereocenters. The topological polar surface area (TPSA) is 75.7 Å². The Kier molecular flexibility index (Phi) is 6.97. The van der Waals surface area contributed by atoms with Gasteiger partial charge >= 0.3 is 0 Å². The molecule has 0 aromatic heterocycles. The summed E-state index contributed by atoms with van der Waals surface area (Å²) in [7, 11) is -2.44. The lowest BCUT2D eigenvalue weighted by atomic mass is 10.2. The summed E-state index contributed by atoms with van der Waals surface area (Å²) >= 11 is 5.82. The summed E-state index contributed by atoms with van der Waals surface area (Å²) in [6, 6.07) is 5.32. The maximum Gasteiger partial charge on any atom is 0.257 e. The van der Waals surface area contributed by atoms with E-state index in [1.165, 1.54) is 29.6 Å². The number of carbonyl (C=O) groups is 1. The van der Waals surface area contributed by atoms with Crippen LogP contribution in [0.1, 0.15) is 24.2 Å². The fraction of sp³-hybridized carbons (Fsp3) is 0.278. The monoisotopic (exact) mass is 432 g/mol. The Morgan fingerprint density at radius 3 is 2.32 bits per heavy atom. The number of amides is 1. The van der Waals surface area contributed by atoms with Crippen molar-refractivity contribution in [1.29, 1.82) is 0 Å². The molecular formula is C18H19ClF2N2O4S. The number of anilines is 1. The Hall–Kier alpha value is -2.23. The molecule has 0 unspecified atom stereocenters. The minimum absolute atomic E-state index is 0.0431. The van der Waals surface area contributed by atoms with E-state index in [1.807, 2.05) is 0 Å². The summed E-state index contributed by atoms with van der Waals surface area (Å²) in [5.74, 6) is -3.09. The molecule has 0 heterocycles. The highest BCUT2D eigenvalue weighted by molar-refractivity contribution is 7.89. The van der Waals surface area contributed by atoms with E-state index in [-0.39, 0.29) is 40.0 Å². The van der Waals surface area contributed by atoms with Gasteiger partial charge < -0.3 is 10.1 Å². The molecule has 0 fully saturated rings. The van der Waals surface area contributed by atoms with Crippen molar-refractivity contribution in [3.8, 4) is 5.75 Å². The number of nitrogens with one attached hydrogen (secondary N) is 1. The molecule has 0 saturated heterocycles. The molecule has 2 aromatic carbocycles. The first-order valence-corrected chi connectivity index (χ1v) is 10.1. The molecule has 2 aromatic rings. The molecule has 1 N–H and O–H groups in total. The number of rotatable bonds is 7. The van der Waals surface area contributed by atoms with E-state index in [1.54, 1.807) is 13.8 Å². The van der Waals surface area contributed by atoms with Crippen LogP contribution in [0.15, 0.2) is 35.2 Å². The van der Waals surface area contributed by atoms with Crippen LogP contribution in [0.4, 0.5) is 14.5 Å². The van der Waals surface area contributed by atoms with Crippen molar-refractivity contribution in [2.75, 3.05) is 25.5 Å². The average molecular weight is 433 g/mol. The maximum atomic E-state index is 13.5. The first kappa shape index (κ1) is 22.1. The maximum absolute atomic E-state index is 13.5. The first-order chi connectivity index (χ1) is 13.1. The van der Waals surface area contributed by atoms with Crippen LogP contribution in [-0.2, 0) is 10.0 Å². The Morgan fingerprint density at radius 1 is 1.14 bits per heavy atom. The van der Waals surface area contributed by atoms with Gasteiger partial charge in [0.05, 0.1) is 28.3 Å². The summed E-state index contributed by atoms with van der Waals surface area (Å²) in [5, 5.41) is 2.14. The molecule has 10 heteroatoms. The Labute approximate surface area is 167 Å². The van der Waals surface area contributed by atoms with Crippen LogP contribution in [-0.4, -0.2) is 38.8 Å². The number of hydrogen-bond acceptors (Lipinski definition) is 4. The molecule has 6 nitrogen and oxygen atoms in total. The van der Waals surface area contributed by atoms with E-state index in [2.05, 4.69) is 5.32 Å². The van der Waals surface area contributed by atoms with Gasteiger partial charge in [-0.3, -0.25) is 4.79 Å². The van der Waals surface area contributed by atoms with Crippen molar-refractivity contribution >= 4 is 33.2 Å². The normalized spacial score (nSPS) is 11.5. The van der Waals surface area contributed by atoms with Gasteiger partial charge in [0.2, 0.25) is 10.0 Å². The van der Waals surface area contributed by atoms with E-state index in [9.17, 15) is 22.0 Å². The lowest BCUT2D eigenvalue weighted by Crippen LogP contribution is -2.30. The minimum atomic E-state index is -3.78. The van der Waals surface area contributed by atoms with Gasteiger partial charge in [0.25, 0.3) is 5.91 Å². The third-order valence-corrected chi connectivity index (χ3v) is 6.38. The van der Waals surface area contributed by atoms with Crippen LogP contribution in [0.2, 0.25) is 5.02 Å². The molecule has 2 rings (SSSR count). The number of benzene rings is 2. The van der Waals surface area contributed by atoms with E-state index in [0.29, 0.717) is 12.1 Å². The molecule has 28 heavy (non-hydrogen) atoms. The first-order valence-electron chi connectivity index (χ1n) is 8.29. The van der Waals surface area contributed by atoms with Crippen LogP contribution in [0, 0.1) is 11.6 Å². The second-order valence-electron chi connectivity index (χ2n) is 5.65. The van der Waals surface area contributed by atoms with Crippen LogP contribution in [0.25, 0.3) is 0 Å². The summed E-state index contributed by atoms with van der Waals surface area (Å²) in [4.78, 5) is 12.4. The fourth-order valence-electron chi connectivity index (χ4n) is 2.54. The van der Waals surface area contributed by atoms with Crippen molar-refractivity contribution in [1.82, 2.24) is 4.31 Å². The molecule has 0 radical (unpaired) electrons. The van der Waals surface area contributed by atoms with E-state index in [4.69, 9.17) is 16.3 Å². The lowest BCUT2D eigenvalue weighted by molar-refractivity contribution is 0.102. The predicted molar refractivity (Wildman–Crippen MR) is 102 cm³/mol. The van der Waals surface area contributed by atoms with Crippen LogP contribution < -0.4 is 10.1 Å². The Balaban J connectivity index is 2.45. The van der Waals surface area contributed by atoms with Crippen LogP contribution >= 0.6 is 11.6 Å². The van der Waals surface area contributed by atoms with Gasteiger partial charge in [-0.2, -0.15) is 4.31 Å². The number of nitrogens with zero attached hydrogens (tertiary/aromatic N) is 1. The summed E-state index contributed by atoms with van der Waals surface area (Å²) in [5.41, 5.74) is -0.263. The van der Waals surface area contributed by atoms with E-state index >= 15 is 0 Å². The number of halogens is 3. The van der Waals surface area contributed by atoms with Crippen molar-refractivity contribution in [3.05, 3.63) is 52.6 Å². The summed E-state index contributed by atoms with van der Waals surface area (Å²) < 4.78 is 58.5. The average Bonchev–Trinajstić information content (AvgIpc) is 2.65. The fourth-order valence-corrected chi connectivity index (χ4v) is 4.26. The zero-order valence-corrected chi connectivity index (χ0v) is 17.0. The number of carbonyl (C=O) groups excluding carboxylic acids is 1. The number of sulfonamides is 1. The summed E-state index contributed by atoms with van der Waals surface area (Å²) in [6.45, 7) is 3.96. The molecule has 152 valence electrons. The molecule has 0 bridgehead atoms. The predicted octanol–water partition coefficient (Wildman–Crippen LogP) is 3.91. The van der Waals surface area contributed by atoms with Gasteiger partial charge in [-0.15, -0.1) is 0 Å². The van der Waals surface area contributed by atoms with Gasteiger partial charge in [-0.1, -0.05) is 25.4 Å².